The summed E-state index contributed by atoms with van der Waals surface area (Å²) >= 11 is 0. The molecular formula is C18H36N4O4S. The Bertz CT molecular complexity index is 613. The largest absolute Gasteiger partial charge is 0.444 e. The number of sulfone groups is 1. The summed E-state index contributed by atoms with van der Waals surface area (Å²) in [6.07, 6.45) is 4.42. The van der Waals surface area contributed by atoms with Gasteiger partial charge in [-0.05, 0) is 53.4 Å². The molecule has 1 saturated heterocycles. The van der Waals surface area contributed by atoms with Gasteiger partial charge in [0.25, 0.3) is 0 Å². The van der Waals surface area contributed by atoms with E-state index in [1.54, 1.807) is 11.9 Å². The topological polar surface area (TPSA) is 100 Å². The third-order valence-corrected chi connectivity index (χ3v) is 5.27. The maximum Gasteiger partial charge on any atom is 0.410 e. The normalized spacial score (nSPS) is 20.1. The van der Waals surface area contributed by atoms with Gasteiger partial charge in [0.05, 0.1) is 11.8 Å². The first-order valence-corrected chi connectivity index (χ1v) is 11.6. The average Bonchev–Trinajstić information content (AvgIpc) is 2.54. The molecule has 1 aliphatic rings. The fourth-order valence-electron chi connectivity index (χ4n) is 2.88. The third kappa shape index (κ3) is 9.83. The van der Waals surface area contributed by atoms with Crippen molar-refractivity contribution in [3.05, 3.63) is 0 Å². The summed E-state index contributed by atoms with van der Waals surface area (Å²) < 4.78 is 28.1. The second kappa shape index (κ2) is 10.1. The molecule has 2 N–H and O–H groups in total. The first-order chi connectivity index (χ1) is 12.4. The number of ether oxygens (including phenoxy) is 1. The van der Waals surface area contributed by atoms with Gasteiger partial charge in [0.1, 0.15) is 15.4 Å². The number of hydrogen-bond donors (Lipinski definition) is 2. The quantitative estimate of drug-likeness (QED) is 0.517. The van der Waals surface area contributed by atoms with Crippen molar-refractivity contribution >= 4 is 21.9 Å². The molecule has 0 aromatic rings. The monoisotopic (exact) mass is 404 g/mol. The van der Waals surface area contributed by atoms with Crippen LogP contribution in [0.15, 0.2) is 4.99 Å². The number of amides is 1. The molecule has 0 aromatic carbocycles. The highest BCUT2D eigenvalue weighted by atomic mass is 32.2. The summed E-state index contributed by atoms with van der Waals surface area (Å²) in [5, 5.41) is 6.46. The van der Waals surface area contributed by atoms with Crippen LogP contribution in [0.2, 0.25) is 0 Å². The Morgan fingerprint density at radius 1 is 1.33 bits per heavy atom. The molecule has 0 aliphatic carbocycles. The molecule has 1 rings (SSSR count). The molecule has 158 valence electrons. The molecule has 8 nitrogen and oxygen atoms in total. The van der Waals surface area contributed by atoms with E-state index in [0.717, 1.165) is 19.3 Å². The van der Waals surface area contributed by atoms with Crippen molar-refractivity contribution < 1.29 is 17.9 Å². The van der Waals surface area contributed by atoms with Crippen LogP contribution in [0.5, 0.6) is 0 Å². The number of rotatable bonds is 6. The van der Waals surface area contributed by atoms with Crippen molar-refractivity contribution in [1.82, 2.24) is 15.5 Å². The van der Waals surface area contributed by atoms with Gasteiger partial charge in [-0.3, -0.25) is 4.99 Å². The first kappa shape index (κ1) is 23.5. The van der Waals surface area contributed by atoms with Gasteiger partial charge < -0.3 is 20.3 Å². The zero-order chi connectivity index (χ0) is 20.7. The van der Waals surface area contributed by atoms with Crippen LogP contribution >= 0.6 is 0 Å². The second-order valence-electron chi connectivity index (χ2n) is 8.24. The Hall–Kier alpha value is -1.51. The second-order valence-corrected chi connectivity index (χ2v) is 10.5. The van der Waals surface area contributed by atoms with Crippen LogP contribution in [0.25, 0.3) is 0 Å². The predicted octanol–water partition coefficient (Wildman–Crippen LogP) is 1.76. The molecule has 1 heterocycles. The number of nitrogens with zero attached hydrogens (tertiary/aromatic N) is 2. The molecule has 0 bridgehead atoms. The number of aliphatic imine (C=N–C) groups is 1. The Labute approximate surface area is 164 Å². The van der Waals surface area contributed by atoms with Crippen LogP contribution in [0.1, 0.15) is 53.4 Å². The molecule has 2 atom stereocenters. The van der Waals surface area contributed by atoms with Crippen LogP contribution in [0.3, 0.4) is 0 Å². The lowest BCUT2D eigenvalue weighted by Gasteiger charge is -2.37. The van der Waals surface area contributed by atoms with Gasteiger partial charge in [-0.25, -0.2) is 13.2 Å². The maximum atomic E-state index is 12.5. The molecule has 0 spiro atoms. The van der Waals surface area contributed by atoms with E-state index in [9.17, 15) is 13.2 Å². The highest BCUT2D eigenvalue weighted by Crippen LogP contribution is 2.20. The standard InChI is InChI=1S/C18H36N4O4S/c1-14(10-12-27(6,24)25)21-16(19-5)20-13-15-9-7-8-11-22(15)17(23)26-18(2,3)4/h14-15H,7-13H2,1-6H3,(H2,19,20,21). The van der Waals surface area contributed by atoms with Crippen molar-refractivity contribution in [2.24, 2.45) is 4.99 Å². The third-order valence-electron chi connectivity index (χ3n) is 4.29. The number of nitrogens with one attached hydrogen (secondary N) is 2. The zero-order valence-electron chi connectivity index (χ0n) is 17.5. The molecule has 9 heteroatoms. The lowest BCUT2D eigenvalue weighted by atomic mass is 10.0. The van der Waals surface area contributed by atoms with Gasteiger partial charge >= 0.3 is 6.09 Å². The number of guanidine groups is 1. The number of hydrogen-bond acceptors (Lipinski definition) is 5. The Morgan fingerprint density at radius 2 is 2.00 bits per heavy atom. The number of carbonyl (C=O) groups is 1. The molecule has 0 radical (unpaired) electrons. The SMILES string of the molecule is CN=C(NCC1CCCCN1C(=O)OC(C)(C)C)NC(C)CCS(C)(=O)=O. The summed E-state index contributed by atoms with van der Waals surface area (Å²) in [5.41, 5.74) is -0.515. The van der Waals surface area contributed by atoms with Gasteiger partial charge in [-0.2, -0.15) is 0 Å². The number of carbonyl (C=O) groups excluding carboxylic acids is 1. The van der Waals surface area contributed by atoms with Crippen LogP contribution in [0.4, 0.5) is 4.79 Å². The summed E-state index contributed by atoms with van der Waals surface area (Å²) in [4.78, 5) is 18.5. The van der Waals surface area contributed by atoms with Gasteiger partial charge in [0, 0.05) is 32.4 Å². The fourth-order valence-corrected chi connectivity index (χ4v) is 3.66. The van der Waals surface area contributed by atoms with E-state index >= 15 is 0 Å². The first-order valence-electron chi connectivity index (χ1n) is 9.56. The van der Waals surface area contributed by atoms with E-state index in [1.165, 1.54) is 6.26 Å². The van der Waals surface area contributed by atoms with Crippen molar-refractivity contribution in [2.45, 2.75) is 71.1 Å². The lowest BCUT2D eigenvalue weighted by Crippen LogP contribution is -2.53. The maximum absolute atomic E-state index is 12.5. The van der Waals surface area contributed by atoms with Crippen molar-refractivity contribution in [1.29, 1.82) is 0 Å². The van der Waals surface area contributed by atoms with E-state index in [1.807, 2.05) is 27.7 Å². The molecule has 1 aliphatic heterocycles. The molecule has 0 saturated carbocycles. The Morgan fingerprint density at radius 3 is 2.56 bits per heavy atom. The van der Waals surface area contributed by atoms with Crippen LogP contribution in [-0.4, -0.2) is 75.2 Å². The lowest BCUT2D eigenvalue weighted by molar-refractivity contribution is 0.0104. The minimum Gasteiger partial charge on any atom is -0.444 e. The highest BCUT2D eigenvalue weighted by Gasteiger charge is 2.30. The Balaban J connectivity index is 2.57. The minimum atomic E-state index is -2.98. The molecular weight excluding hydrogens is 368 g/mol. The molecule has 0 aromatic heterocycles. The smallest absolute Gasteiger partial charge is 0.410 e. The molecule has 2 unspecified atom stereocenters. The highest BCUT2D eigenvalue weighted by molar-refractivity contribution is 7.90. The summed E-state index contributed by atoms with van der Waals surface area (Å²) in [6.45, 7) is 8.78. The van der Waals surface area contributed by atoms with Crippen LogP contribution < -0.4 is 10.6 Å². The van der Waals surface area contributed by atoms with Crippen molar-refractivity contribution in [3.8, 4) is 0 Å². The number of piperidine rings is 1. The van der Waals surface area contributed by atoms with Crippen LogP contribution in [-0.2, 0) is 14.6 Å². The van der Waals surface area contributed by atoms with E-state index in [-0.39, 0.29) is 23.9 Å². The average molecular weight is 405 g/mol. The van der Waals surface area contributed by atoms with E-state index < -0.39 is 15.4 Å². The predicted molar refractivity (Wildman–Crippen MR) is 109 cm³/mol. The zero-order valence-corrected chi connectivity index (χ0v) is 18.4. The summed E-state index contributed by atoms with van der Waals surface area (Å²) in [7, 11) is -1.31. The van der Waals surface area contributed by atoms with Gasteiger partial charge in [0.2, 0.25) is 0 Å². The van der Waals surface area contributed by atoms with E-state index in [0.29, 0.717) is 25.5 Å². The Kier molecular flexibility index (Phi) is 8.84. The van der Waals surface area contributed by atoms with Crippen molar-refractivity contribution in [3.63, 3.8) is 0 Å². The summed E-state index contributed by atoms with van der Waals surface area (Å²) in [5.74, 6) is 0.735. The van der Waals surface area contributed by atoms with Gasteiger partial charge in [-0.15, -0.1) is 0 Å². The fraction of sp³-hybridized carbons (Fsp3) is 0.889. The van der Waals surface area contributed by atoms with E-state index in [2.05, 4.69) is 15.6 Å². The van der Waals surface area contributed by atoms with Gasteiger partial charge in [-0.1, -0.05) is 0 Å². The van der Waals surface area contributed by atoms with Gasteiger partial charge in [0.15, 0.2) is 5.96 Å². The molecule has 1 fully saturated rings. The summed E-state index contributed by atoms with van der Waals surface area (Å²) in [6, 6.07) is 0.0118. The molecule has 27 heavy (non-hydrogen) atoms. The van der Waals surface area contributed by atoms with Crippen LogP contribution in [0, 0.1) is 0 Å². The van der Waals surface area contributed by atoms with E-state index in [4.69, 9.17) is 4.74 Å². The number of likely N-dealkylation sites (tertiary alicyclic amines) is 1. The minimum absolute atomic E-state index is 0.0285. The van der Waals surface area contributed by atoms with Crippen molar-refractivity contribution in [2.75, 3.05) is 32.1 Å². The molecule has 1 amide bonds.